The Hall–Kier alpha value is -2.87. The van der Waals surface area contributed by atoms with E-state index in [1.165, 1.54) is 41.7 Å². The van der Waals surface area contributed by atoms with Crippen molar-refractivity contribution in [1.29, 1.82) is 0 Å². The quantitative estimate of drug-likeness (QED) is 0.585. The number of halogens is 1. The maximum atomic E-state index is 13.6. The van der Waals surface area contributed by atoms with Crippen LogP contribution in [0.15, 0.2) is 42.5 Å². The minimum Gasteiger partial charge on any atom is -0.302 e. The number of nitrogens with zero attached hydrogens (tertiary/aromatic N) is 2. The molecule has 8 heteroatoms. The highest BCUT2D eigenvalue weighted by atomic mass is 32.1. The van der Waals surface area contributed by atoms with Gasteiger partial charge in [0.2, 0.25) is 5.91 Å². The van der Waals surface area contributed by atoms with Gasteiger partial charge in [0.25, 0.3) is 5.69 Å². The summed E-state index contributed by atoms with van der Waals surface area (Å²) in [6.45, 7) is 0. The molecule has 0 aliphatic carbocycles. The third-order valence-corrected chi connectivity index (χ3v) is 4.06. The van der Waals surface area contributed by atoms with Crippen molar-refractivity contribution >= 4 is 38.3 Å². The number of carbonyl (C=O) groups excluding carboxylic acids is 1. The topological polar surface area (TPSA) is 85.1 Å². The fourth-order valence-electron chi connectivity index (χ4n) is 2.05. The molecule has 6 nitrogen and oxygen atoms in total. The molecule has 0 radical (unpaired) electrons. The average molecular weight is 331 g/mol. The first-order valence-electron chi connectivity index (χ1n) is 6.61. The molecule has 116 valence electrons. The Bertz CT molecular complexity index is 893. The summed E-state index contributed by atoms with van der Waals surface area (Å²) in [5.41, 5.74) is 0.833. The third-order valence-electron chi connectivity index (χ3n) is 3.13. The van der Waals surface area contributed by atoms with Crippen molar-refractivity contribution in [3.05, 3.63) is 64.0 Å². The Morgan fingerprint density at radius 1 is 1.26 bits per heavy atom. The van der Waals surface area contributed by atoms with Gasteiger partial charge in [0.1, 0.15) is 11.3 Å². The number of thiazole rings is 1. The van der Waals surface area contributed by atoms with E-state index in [4.69, 9.17) is 0 Å². The molecule has 1 heterocycles. The number of fused-ring (bicyclic) bond motifs is 1. The second-order valence-electron chi connectivity index (χ2n) is 4.75. The van der Waals surface area contributed by atoms with Gasteiger partial charge in [-0.3, -0.25) is 14.9 Å². The number of carbonyl (C=O) groups is 1. The lowest BCUT2D eigenvalue weighted by atomic mass is 10.1. The van der Waals surface area contributed by atoms with E-state index in [0.717, 1.165) is 0 Å². The van der Waals surface area contributed by atoms with Crippen LogP contribution < -0.4 is 5.32 Å². The molecule has 0 bridgehead atoms. The van der Waals surface area contributed by atoms with Crippen LogP contribution in [0.3, 0.4) is 0 Å². The Morgan fingerprint density at radius 3 is 2.65 bits per heavy atom. The minimum atomic E-state index is -0.500. The van der Waals surface area contributed by atoms with Crippen LogP contribution in [-0.2, 0) is 11.2 Å². The van der Waals surface area contributed by atoms with Gasteiger partial charge in [-0.2, -0.15) is 0 Å². The molecule has 1 aromatic heterocycles. The fraction of sp³-hybridized carbons (Fsp3) is 0.0667. The van der Waals surface area contributed by atoms with Crippen molar-refractivity contribution < 1.29 is 14.1 Å². The molecule has 0 aliphatic heterocycles. The predicted octanol–water partition coefficient (Wildman–Crippen LogP) is 3.52. The zero-order chi connectivity index (χ0) is 16.4. The summed E-state index contributed by atoms with van der Waals surface area (Å²) in [6, 6.07) is 10.3. The number of hydrogen-bond donors (Lipinski definition) is 1. The van der Waals surface area contributed by atoms with Gasteiger partial charge in [0.15, 0.2) is 5.13 Å². The number of nitrogens with one attached hydrogen (secondary N) is 1. The van der Waals surface area contributed by atoms with E-state index in [1.807, 2.05) is 0 Å². The Morgan fingerprint density at radius 2 is 2.00 bits per heavy atom. The van der Waals surface area contributed by atoms with Crippen LogP contribution in [0.1, 0.15) is 5.56 Å². The fourth-order valence-corrected chi connectivity index (χ4v) is 2.95. The predicted molar refractivity (Wildman–Crippen MR) is 85.0 cm³/mol. The summed E-state index contributed by atoms with van der Waals surface area (Å²) in [6.07, 6.45) is 0.0520. The number of nitro groups is 1. The van der Waals surface area contributed by atoms with Gasteiger partial charge in [-0.25, -0.2) is 9.37 Å². The number of nitro benzene ring substituents is 1. The molecule has 3 rings (SSSR count). The molecule has 3 aromatic rings. The molecular formula is C15H10FN3O3S. The van der Waals surface area contributed by atoms with Crippen LogP contribution in [0.5, 0.6) is 0 Å². The smallest absolute Gasteiger partial charge is 0.269 e. The highest BCUT2D eigenvalue weighted by Gasteiger charge is 2.12. The summed E-state index contributed by atoms with van der Waals surface area (Å²) >= 11 is 1.18. The lowest BCUT2D eigenvalue weighted by Gasteiger charge is -2.01. The monoisotopic (exact) mass is 331 g/mol. The summed E-state index contributed by atoms with van der Waals surface area (Å²) in [7, 11) is 0. The van der Waals surface area contributed by atoms with Crippen LogP contribution in [0.2, 0.25) is 0 Å². The van der Waals surface area contributed by atoms with Crippen molar-refractivity contribution in [2.75, 3.05) is 5.32 Å². The van der Waals surface area contributed by atoms with E-state index in [0.29, 0.717) is 15.4 Å². The molecular weight excluding hydrogens is 321 g/mol. The van der Waals surface area contributed by atoms with Crippen molar-refractivity contribution in [3.63, 3.8) is 0 Å². The third kappa shape index (κ3) is 3.32. The summed E-state index contributed by atoms with van der Waals surface area (Å²) in [5, 5.41) is 13.5. The molecule has 0 unspecified atom stereocenters. The lowest BCUT2D eigenvalue weighted by Crippen LogP contribution is -2.14. The number of para-hydroxylation sites is 1. The van der Waals surface area contributed by atoms with E-state index in [1.54, 1.807) is 12.1 Å². The van der Waals surface area contributed by atoms with Crippen LogP contribution in [0, 0.1) is 15.9 Å². The van der Waals surface area contributed by atoms with E-state index in [-0.39, 0.29) is 23.5 Å². The maximum absolute atomic E-state index is 13.6. The highest BCUT2D eigenvalue weighted by molar-refractivity contribution is 7.22. The zero-order valence-electron chi connectivity index (χ0n) is 11.7. The second-order valence-corrected chi connectivity index (χ2v) is 5.78. The number of rotatable bonds is 4. The largest absolute Gasteiger partial charge is 0.302 e. The van der Waals surface area contributed by atoms with E-state index < -0.39 is 10.7 Å². The van der Waals surface area contributed by atoms with Gasteiger partial charge >= 0.3 is 0 Å². The first kappa shape index (κ1) is 15.0. The molecule has 0 fully saturated rings. The van der Waals surface area contributed by atoms with E-state index in [9.17, 15) is 19.3 Å². The maximum Gasteiger partial charge on any atom is 0.269 e. The van der Waals surface area contributed by atoms with E-state index >= 15 is 0 Å². The average Bonchev–Trinajstić information content (AvgIpc) is 2.91. The van der Waals surface area contributed by atoms with Gasteiger partial charge in [-0.15, -0.1) is 0 Å². The molecule has 0 aliphatic rings. The molecule has 0 saturated heterocycles. The molecule has 0 saturated carbocycles. The normalized spacial score (nSPS) is 10.7. The molecule has 0 spiro atoms. The number of amides is 1. The highest BCUT2D eigenvalue weighted by Crippen LogP contribution is 2.27. The van der Waals surface area contributed by atoms with Crippen LogP contribution in [0.4, 0.5) is 15.2 Å². The van der Waals surface area contributed by atoms with Gasteiger partial charge < -0.3 is 5.32 Å². The minimum absolute atomic E-state index is 0.0317. The first-order chi connectivity index (χ1) is 11.0. The van der Waals surface area contributed by atoms with Gasteiger partial charge in [0, 0.05) is 12.1 Å². The molecule has 0 atom stereocenters. The summed E-state index contributed by atoms with van der Waals surface area (Å²) < 4.78 is 14.2. The molecule has 23 heavy (non-hydrogen) atoms. The number of hydrogen-bond acceptors (Lipinski definition) is 5. The molecule has 2 aromatic carbocycles. The first-order valence-corrected chi connectivity index (χ1v) is 7.43. The second kappa shape index (κ2) is 6.09. The molecule has 1 N–H and O–H groups in total. The van der Waals surface area contributed by atoms with Crippen LogP contribution in [-0.4, -0.2) is 15.8 Å². The van der Waals surface area contributed by atoms with Gasteiger partial charge in [0.05, 0.1) is 16.0 Å². The van der Waals surface area contributed by atoms with Crippen LogP contribution in [0.25, 0.3) is 10.2 Å². The zero-order valence-corrected chi connectivity index (χ0v) is 12.5. The van der Waals surface area contributed by atoms with Gasteiger partial charge in [-0.1, -0.05) is 29.5 Å². The van der Waals surface area contributed by atoms with Crippen molar-refractivity contribution in [2.45, 2.75) is 6.42 Å². The number of anilines is 1. The van der Waals surface area contributed by atoms with Crippen molar-refractivity contribution in [3.8, 4) is 0 Å². The number of benzene rings is 2. The summed E-state index contributed by atoms with van der Waals surface area (Å²) in [5.74, 6) is -0.757. The Kier molecular flexibility index (Phi) is 3.98. The Balaban J connectivity index is 1.70. The van der Waals surface area contributed by atoms with Crippen LogP contribution >= 0.6 is 11.3 Å². The summed E-state index contributed by atoms with van der Waals surface area (Å²) in [4.78, 5) is 26.1. The van der Waals surface area contributed by atoms with E-state index in [2.05, 4.69) is 10.3 Å². The van der Waals surface area contributed by atoms with Crippen molar-refractivity contribution in [1.82, 2.24) is 4.98 Å². The number of non-ortho nitro benzene ring substituents is 1. The SMILES string of the molecule is O=C(Cc1ccc([N+](=O)[O-])cc1)Nc1nc2c(F)cccc2s1. The van der Waals surface area contributed by atoms with Crippen molar-refractivity contribution in [2.24, 2.45) is 0 Å². The lowest BCUT2D eigenvalue weighted by molar-refractivity contribution is -0.384. The number of aromatic nitrogens is 1. The van der Waals surface area contributed by atoms with Gasteiger partial charge in [-0.05, 0) is 17.7 Å². The Labute approximate surface area is 133 Å². The standard InChI is InChI=1S/C15H10FN3O3S/c16-11-2-1-3-12-14(11)18-15(23-12)17-13(20)8-9-4-6-10(7-5-9)19(21)22/h1-7H,8H2,(H,17,18,20). The molecule has 1 amide bonds.